The molecule has 1 aromatic heterocycles. The zero-order chi connectivity index (χ0) is 13.1. The number of hydrogen-bond acceptors (Lipinski definition) is 3. The first-order valence-electron chi connectivity index (χ1n) is 7.50. The Bertz CT molecular complexity index is 448. The van der Waals surface area contributed by atoms with E-state index in [1.54, 1.807) is 0 Å². The van der Waals surface area contributed by atoms with Gasteiger partial charge >= 0.3 is 0 Å². The third-order valence-corrected chi connectivity index (χ3v) is 4.33. The Morgan fingerprint density at radius 1 is 1.21 bits per heavy atom. The third kappa shape index (κ3) is 2.96. The average Bonchev–Trinajstić information content (AvgIpc) is 3.05. The number of carbonyl (C=O) groups excluding carboxylic acids is 1. The van der Waals surface area contributed by atoms with Crippen molar-refractivity contribution in [2.45, 2.75) is 64.5 Å². The summed E-state index contributed by atoms with van der Waals surface area (Å²) in [6.45, 7) is 1.52. The molecular formula is C14H22N4O. The molecule has 1 aliphatic heterocycles. The quantitative estimate of drug-likeness (QED) is 0.900. The highest BCUT2D eigenvalue weighted by Crippen LogP contribution is 2.27. The first-order chi connectivity index (χ1) is 9.33. The number of hydrogen-bond donors (Lipinski definition) is 1. The summed E-state index contributed by atoms with van der Waals surface area (Å²) >= 11 is 0. The highest BCUT2D eigenvalue weighted by Gasteiger charge is 2.19. The van der Waals surface area contributed by atoms with Crippen LogP contribution in [0.4, 0.5) is 0 Å². The number of amides is 1. The Labute approximate surface area is 113 Å². The second kappa shape index (κ2) is 5.72. The summed E-state index contributed by atoms with van der Waals surface area (Å²) in [5.41, 5.74) is 0. The monoisotopic (exact) mass is 262 g/mol. The molecule has 1 aliphatic carbocycles. The van der Waals surface area contributed by atoms with Crippen molar-refractivity contribution in [1.29, 1.82) is 0 Å². The SMILES string of the molecule is O=C(CC1CCCC1)NCc1nnc2n1CCCC2. The van der Waals surface area contributed by atoms with Gasteiger partial charge in [-0.15, -0.1) is 10.2 Å². The van der Waals surface area contributed by atoms with Crippen LogP contribution in [0.5, 0.6) is 0 Å². The minimum atomic E-state index is 0.167. The van der Waals surface area contributed by atoms with E-state index in [0.29, 0.717) is 18.9 Å². The van der Waals surface area contributed by atoms with Gasteiger partial charge in [0.1, 0.15) is 5.82 Å². The van der Waals surface area contributed by atoms with E-state index < -0.39 is 0 Å². The molecule has 0 aromatic carbocycles. The van der Waals surface area contributed by atoms with Crippen LogP contribution >= 0.6 is 0 Å². The predicted octanol–water partition coefficient (Wildman–Crippen LogP) is 1.81. The summed E-state index contributed by atoms with van der Waals surface area (Å²) in [6, 6.07) is 0. The Morgan fingerprint density at radius 3 is 2.89 bits per heavy atom. The predicted molar refractivity (Wildman–Crippen MR) is 71.4 cm³/mol. The van der Waals surface area contributed by atoms with E-state index in [-0.39, 0.29) is 5.91 Å². The van der Waals surface area contributed by atoms with Gasteiger partial charge in [-0.3, -0.25) is 4.79 Å². The lowest BCUT2D eigenvalue weighted by atomic mass is 10.0. The van der Waals surface area contributed by atoms with Crippen molar-refractivity contribution in [1.82, 2.24) is 20.1 Å². The summed E-state index contributed by atoms with van der Waals surface area (Å²) in [5, 5.41) is 11.4. The molecule has 0 bridgehead atoms. The van der Waals surface area contributed by atoms with E-state index in [1.165, 1.54) is 38.5 Å². The molecule has 1 amide bonds. The molecule has 104 valence electrons. The van der Waals surface area contributed by atoms with Crippen molar-refractivity contribution >= 4 is 5.91 Å². The summed E-state index contributed by atoms with van der Waals surface area (Å²) < 4.78 is 2.17. The Hall–Kier alpha value is -1.39. The molecule has 5 nitrogen and oxygen atoms in total. The van der Waals surface area contributed by atoms with Crippen LogP contribution in [-0.4, -0.2) is 20.7 Å². The number of fused-ring (bicyclic) bond motifs is 1. The second-order valence-electron chi connectivity index (χ2n) is 5.77. The summed E-state index contributed by atoms with van der Waals surface area (Å²) in [7, 11) is 0. The highest BCUT2D eigenvalue weighted by molar-refractivity contribution is 5.76. The van der Waals surface area contributed by atoms with Crippen molar-refractivity contribution in [3.8, 4) is 0 Å². The smallest absolute Gasteiger partial charge is 0.220 e. The molecule has 1 aromatic rings. The molecule has 1 fully saturated rings. The van der Waals surface area contributed by atoms with Gasteiger partial charge in [0, 0.05) is 19.4 Å². The van der Waals surface area contributed by atoms with Gasteiger partial charge in [-0.25, -0.2) is 0 Å². The number of nitrogens with one attached hydrogen (secondary N) is 1. The van der Waals surface area contributed by atoms with Crippen LogP contribution in [0.2, 0.25) is 0 Å². The zero-order valence-electron chi connectivity index (χ0n) is 11.4. The van der Waals surface area contributed by atoms with Crippen molar-refractivity contribution < 1.29 is 4.79 Å². The lowest BCUT2D eigenvalue weighted by molar-refractivity contribution is -0.122. The van der Waals surface area contributed by atoms with Gasteiger partial charge in [0.15, 0.2) is 5.82 Å². The zero-order valence-corrected chi connectivity index (χ0v) is 11.4. The number of aryl methyl sites for hydroxylation is 1. The van der Waals surface area contributed by atoms with Crippen LogP contribution in [0.15, 0.2) is 0 Å². The van der Waals surface area contributed by atoms with E-state index in [4.69, 9.17) is 0 Å². The maximum Gasteiger partial charge on any atom is 0.220 e. The fraction of sp³-hybridized carbons (Fsp3) is 0.786. The van der Waals surface area contributed by atoms with Gasteiger partial charge in [-0.1, -0.05) is 12.8 Å². The van der Waals surface area contributed by atoms with Crippen molar-refractivity contribution in [3.63, 3.8) is 0 Å². The molecule has 2 heterocycles. The maximum absolute atomic E-state index is 11.9. The Balaban J connectivity index is 1.51. The first-order valence-corrected chi connectivity index (χ1v) is 7.50. The first kappa shape index (κ1) is 12.6. The van der Waals surface area contributed by atoms with Crippen molar-refractivity contribution in [2.75, 3.05) is 0 Å². The molecule has 3 rings (SSSR count). The van der Waals surface area contributed by atoms with Crippen LogP contribution in [0.1, 0.15) is 56.6 Å². The standard InChI is InChI=1S/C14H22N4O/c19-14(9-11-5-1-2-6-11)15-10-13-17-16-12-7-3-4-8-18(12)13/h11H,1-10H2,(H,15,19). The van der Waals surface area contributed by atoms with Crippen LogP contribution in [0.3, 0.4) is 0 Å². The number of nitrogens with zero attached hydrogens (tertiary/aromatic N) is 3. The molecule has 0 radical (unpaired) electrons. The topological polar surface area (TPSA) is 59.8 Å². The van der Waals surface area contributed by atoms with Gasteiger partial charge in [-0.2, -0.15) is 0 Å². The number of rotatable bonds is 4. The normalized spacial score (nSPS) is 19.4. The maximum atomic E-state index is 11.9. The molecule has 1 saturated carbocycles. The Kier molecular flexibility index (Phi) is 3.80. The van der Waals surface area contributed by atoms with Gasteiger partial charge in [0.2, 0.25) is 5.91 Å². The Morgan fingerprint density at radius 2 is 2.05 bits per heavy atom. The summed E-state index contributed by atoms with van der Waals surface area (Å²) in [5.74, 6) is 2.76. The lowest BCUT2D eigenvalue weighted by Gasteiger charge is -2.15. The van der Waals surface area contributed by atoms with E-state index in [2.05, 4.69) is 20.1 Å². The lowest BCUT2D eigenvalue weighted by Crippen LogP contribution is -2.26. The highest BCUT2D eigenvalue weighted by atomic mass is 16.1. The molecule has 2 aliphatic rings. The van der Waals surface area contributed by atoms with E-state index in [0.717, 1.165) is 24.6 Å². The largest absolute Gasteiger partial charge is 0.349 e. The molecule has 1 N–H and O–H groups in total. The van der Waals surface area contributed by atoms with Gasteiger partial charge in [0.05, 0.1) is 6.54 Å². The molecule has 5 heteroatoms. The van der Waals surface area contributed by atoms with Crippen LogP contribution < -0.4 is 5.32 Å². The number of aromatic nitrogens is 3. The number of carbonyl (C=O) groups is 1. The average molecular weight is 262 g/mol. The van der Waals surface area contributed by atoms with Crippen molar-refractivity contribution in [3.05, 3.63) is 11.6 Å². The van der Waals surface area contributed by atoms with E-state index >= 15 is 0 Å². The molecule has 19 heavy (non-hydrogen) atoms. The van der Waals surface area contributed by atoms with E-state index in [1.807, 2.05) is 0 Å². The summed E-state index contributed by atoms with van der Waals surface area (Å²) in [6.07, 6.45) is 9.09. The molecule has 0 saturated heterocycles. The van der Waals surface area contributed by atoms with Gasteiger partial charge < -0.3 is 9.88 Å². The molecular weight excluding hydrogens is 240 g/mol. The minimum absolute atomic E-state index is 0.167. The van der Waals surface area contributed by atoms with Crippen LogP contribution in [0.25, 0.3) is 0 Å². The van der Waals surface area contributed by atoms with Gasteiger partial charge in [-0.05, 0) is 31.6 Å². The third-order valence-electron chi connectivity index (χ3n) is 4.33. The molecule has 0 spiro atoms. The van der Waals surface area contributed by atoms with Gasteiger partial charge in [0.25, 0.3) is 0 Å². The molecule has 0 atom stereocenters. The van der Waals surface area contributed by atoms with Crippen molar-refractivity contribution in [2.24, 2.45) is 5.92 Å². The minimum Gasteiger partial charge on any atom is -0.349 e. The van der Waals surface area contributed by atoms with E-state index in [9.17, 15) is 4.79 Å². The van der Waals surface area contributed by atoms with Crippen LogP contribution in [0, 0.1) is 5.92 Å². The second-order valence-corrected chi connectivity index (χ2v) is 5.77. The summed E-state index contributed by atoms with van der Waals surface area (Å²) in [4.78, 5) is 11.9. The fourth-order valence-electron chi connectivity index (χ4n) is 3.23. The van der Waals surface area contributed by atoms with Crippen LogP contribution in [-0.2, 0) is 24.3 Å². The molecule has 0 unspecified atom stereocenters. The fourth-order valence-corrected chi connectivity index (χ4v) is 3.23.